The number of aliphatic imine (C=N–C) groups is 1. The maximum Gasteiger partial charge on any atom is 0.511 e. The molecule has 0 atom stereocenters. The second kappa shape index (κ2) is 8.74. The number of pyridine rings is 1. The van der Waals surface area contributed by atoms with Crippen LogP contribution in [0.4, 0.5) is 13.2 Å². The molecule has 27 heavy (non-hydrogen) atoms. The molecule has 1 saturated heterocycles. The van der Waals surface area contributed by atoms with E-state index in [1.165, 1.54) is 7.11 Å². The number of nitrogens with one attached hydrogen (secondary N) is 2. The molecule has 152 valence electrons. The highest BCUT2D eigenvalue weighted by molar-refractivity contribution is 7.90. The summed E-state index contributed by atoms with van der Waals surface area (Å²) in [7, 11) is -2.18. The number of nitrogens with zero attached hydrogens (tertiary/aromatic N) is 3. The number of methoxy groups -OCH3 is 1. The Morgan fingerprint density at radius 3 is 2.59 bits per heavy atom. The lowest BCUT2D eigenvalue weighted by Crippen LogP contribution is -2.51. The summed E-state index contributed by atoms with van der Waals surface area (Å²) in [5.41, 5.74) is -4.54. The van der Waals surface area contributed by atoms with Crippen molar-refractivity contribution in [2.24, 2.45) is 4.99 Å². The van der Waals surface area contributed by atoms with Gasteiger partial charge < -0.3 is 15.4 Å². The maximum atomic E-state index is 12.6. The molecule has 0 radical (unpaired) electrons. The van der Waals surface area contributed by atoms with Crippen LogP contribution in [0.3, 0.4) is 0 Å². The molecule has 0 saturated carbocycles. The summed E-state index contributed by atoms with van der Waals surface area (Å²) in [5, 5.41) is 6.15. The molecule has 2 rings (SSSR count). The lowest BCUT2D eigenvalue weighted by molar-refractivity contribution is -0.0494. The summed E-state index contributed by atoms with van der Waals surface area (Å²) in [6, 6.07) is 5.15. The van der Waals surface area contributed by atoms with Crippen LogP contribution in [0.15, 0.2) is 23.2 Å². The second-order valence-corrected chi connectivity index (χ2v) is 7.79. The van der Waals surface area contributed by atoms with Crippen LogP contribution in [0.2, 0.25) is 0 Å². The number of guanidine groups is 1. The van der Waals surface area contributed by atoms with Crippen LogP contribution in [0, 0.1) is 0 Å². The van der Waals surface area contributed by atoms with Crippen LogP contribution in [-0.2, 0) is 16.6 Å². The first kappa shape index (κ1) is 21.2. The SMILES string of the molecule is CN=C(NCc1cccc(OC)n1)NC1CCN(S(=O)(=O)C(F)(F)F)CC1. The Labute approximate surface area is 155 Å². The highest BCUT2D eigenvalue weighted by atomic mass is 32.2. The van der Waals surface area contributed by atoms with Gasteiger partial charge in [-0.2, -0.15) is 17.5 Å². The fraction of sp³-hybridized carbons (Fsp3) is 0.600. The fourth-order valence-electron chi connectivity index (χ4n) is 2.62. The normalized spacial score (nSPS) is 17.6. The molecule has 1 aromatic heterocycles. The fourth-order valence-corrected chi connectivity index (χ4v) is 3.60. The number of hydrogen-bond donors (Lipinski definition) is 2. The van der Waals surface area contributed by atoms with Crippen molar-refractivity contribution in [2.75, 3.05) is 27.2 Å². The van der Waals surface area contributed by atoms with E-state index in [2.05, 4.69) is 20.6 Å². The topological polar surface area (TPSA) is 95.9 Å². The average Bonchev–Trinajstić information content (AvgIpc) is 2.64. The van der Waals surface area contributed by atoms with Crippen molar-refractivity contribution in [1.29, 1.82) is 0 Å². The zero-order valence-electron chi connectivity index (χ0n) is 15.0. The highest BCUT2D eigenvalue weighted by Gasteiger charge is 2.50. The first-order chi connectivity index (χ1) is 12.7. The number of ether oxygens (including phenoxy) is 1. The summed E-state index contributed by atoms with van der Waals surface area (Å²) in [6.45, 7) is -0.0277. The second-order valence-electron chi connectivity index (χ2n) is 5.87. The van der Waals surface area contributed by atoms with Gasteiger partial charge >= 0.3 is 15.5 Å². The smallest absolute Gasteiger partial charge is 0.481 e. The van der Waals surface area contributed by atoms with Gasteiger partial charge in [-0.25, -0.2) is 13.4 Å². The molecular weight excluding hydrogens is 387 g/mol. The highest BCUT2D eigenvalue weighted by Crippen LogP contribution is 2.28. The first-order valence-corrected chi connectivity index (χ1v) is 9.65. The summed E-state index contributed by atoms with van der Waals surface area (Å²) < 4.78 is 66.2. The van der Waals surface area contributed by atoms with Gasteiger partial charge in [-0.15, -0.1) is 0 Å². The lowest BCUT2D eigenvalue weighted by Gasteiger charge is -2.32. The van der Waals surface area contributed by atoms with E-state index in [0.29, 0.717) is 22.7 Å². The van der Waals surface area contributed by atoms with Crippen LogP contribution in [0.25, 0.3) is 0 Å². The van der Waals surface area contributed by atoms with E-state index in [0.717, 1.165) is 5.69 Å². The molecule has 2 N–H and O–H groups in total. The van der Waals surface area contributed by atoms with Crippen molar-refractivity contribution in [2.45, 2.75) is 30.9 Å². The predicted molar refractivity (Wildman–Crippen MR) is 93.7 cm³/mol. The van der Waals surface area contributed by atoms with Crippen molar-refractivity contribution in [1.82, 2.24) is 19.9 Å². The summed E-state index contributed by atoms with van der Waals surface area (Å²) in [6.07, 6.45) is 0.487. The van der Waals surface area contributed by atoms with E-state index in [4.69, 9.17) is 4.74 Å². The number of piperidine rings is 1. The number of rotatable bonds is 5. The summed E-state index contributed by atoms with van der Waals surface area (Å²) in [4.78, 5) is 8.33. The Balaban J connectivity index is 1.86. The van der Waals surface area contributed by atoms with Gasteiger partial charge in [0.2, 0.25) is 5.88 Å². The minimum Gasteiger partial charge on any atom is -0.481 e. The molecule has 12 heteroatoms. The van der Waals surface area contributed by atoms with Crippen LogP contribution in [0.5, 0.6) is 5.88 Å². The van der Waals surface area contributed by atoms with Crippen molar-refractivity contribution in [3.8, 4) is 5.88 Å². The van der Waals surface area contributed by atoms with Crippen LogP contribution in [-0.4, -0.2) is 62.5 Å². The third-order valence-electron chi connectivity index (χ3n) is 4.08. The number of halogens is 3. The Morgan fingerprint density at radius 1 is 1.37 bits per heavy atom. The van der Waals surface area contributed by atoms with Gasteiger partial charge in [0.05, 0.1) is 19.3 Å². The van der Waals surface area contributed by atoms with Crippen molar-refractivity contribution in [3.05, 3.63) is 23.9 Å². The van der Waals surface area contributed by atoms with E-state index in [1.807, 2.05) is 6.07 Å². The lowest BCUT2D eigenvalue weighted by atomic mass is 10.1. The first-order valence-electron chi connectivity index (χ1n) is 8.21. The van der Waals surface area contributed by atoms with Crippen LogP contribution < -0.4 is 15.4 Å². The minimum atomic E-state index is -5.27. The van der Waals surface area contributed by atoms with Gasteiger partial charge in [0, 0.05) is 32.2 Å². The molecule has 0 aromatic carbocycles. The van der Waals surface area contributed by atoms with Gasteiger partial charge in [0.1, 0.15) is 0 Å². The standard InChI is InChI=1S/C15H22F3N5O3S/c1-19-14(20-10-12-4-3-5-13(21-12)26-2)22-11-6-8-23(9-7-11)27(24,25)15(16,17)18/h3-5,11H,6-10H2,1-2H3,(H2,19,20,22). The molecule has 0 aliphatic carbocycles. The van der Waals surface area contributed by atoms with E-state index in [-0.39, 0.29) is 32.0 Å². The van der Waals surface area contributed by atoms with Crippen LogP contribution in [0.1, 0.15) is 18.5 Å². The Kier molecular flexibility index (Phi) is 6.87. The zero-order valence-corrected chi connectivity index (χ0v) is 15.8. The molecule has 2 heterocycles. The molecular formula is C15H22F3N5O3S. The molecule has 8 nitrogen and oxygen atoms in total. The van der Waals surface area contributed by atoms with Crippen molar-refractivity contribution in [3.63, 3.8) is 0 Å². The van der Waals surface area contributed by atoms with Crippen LogP contribution >= 0.6 is 0 Å². The molecule has 0 bridgehead atoms. The van der Waals surface area contributed by atoms with Gasteiger partial charge in [-0.3, -0.25) is 4.99 Å². The third kappa shape index (κ3) is 5.45. The largest absolute Gasteiger partial charge is 0.511 e. The van der Waals surface area contributed by atoms with Gasteiger partial charge in [-0.1, -0.05) is 6.07 Å². The number of hydrogen-bond acceptors (Lipinski definition) is 5. The molecule has 0 amide bonds. The van der Waals surface area contributed by atoms with Gasteiger partial charge in [-0.05, 0) is 18.9 Å². The molecule has 0 unspecified atom stereocenters. The van der Waals surface area contributed by atoms with Crippen molar-refractivity contribution >= 4 is 16.0 Å². The Morgan fingerprint density at radius 2 is 2.04 bits per heavy atom. The Hall–Kier alpha value is -2.08. The molecule has 1 fully saturated rings. The van der Waals surface area contributed by atoms with Gasteiger partial charge in [0.15, 0.2) is 5.96 Å². The molecule has 1 aliphatic heterocycles. The van der Waals surface area contributed by atoms with Crippen molar-refractivity contribution < 1.29 is 26.3 Å². The number of aromatic nitrogens is 1. The quantitative estimate of drug-likeness (QED) is 0.558. The molecule has 1 aliphatic rings. The number of alkyl halides is 3. The van der Waals surface area contributed by atoms with E-state index in [9.17, 15) is 21.6 Å². The minimum absolute atomic E-state index is 0.186. The average molecular weight is 409 g/mol. The molecule has 0 spiro atoms. The van der Waals surface area contributed by atoms with E-state index in [1.54, 1.807) is 19.2 Å². The van der Waals surface area contributed by atoms with E-state index < -0.39 is 15.5 Å². The maximum absolute atomic E-state index is 12.6. The number of sulfonamides is 1. The predicted octanol–water partition coefficient (Wildman–Crippen LogP) is 1.07. The third-order valence-corrected chi connectivity index (χ3v) is 5.71. The van der Waals surface area contributed by atoms with Gasteiger partial charge in [0.25, 0.3) is 0 Å². The Bertz CT molecular complexity index is 762. The van der Waals surface area contributed by atoms with E-state index >= 15 is 0 Å². The summed E-state index contributed by atoms with van der Waals surface area (Å²) in [5.74, 6) is 0.937. The zero-order chi connectivity index (χ0) is 20.1. The summed E-state index contributed by atoms with van der Waals surface area (Å²) >= 11 is 0. The molecule has 1 aromatic rings. The monoisotopic (exact) mass is 409 g/mol.